The lowest BCUT2D eigenvalue weighted by Gasteiger charge is -2.12. The van der Waals surface area contributed by atoms with Gasteiger partial charge < -0.3 is 11.1 Å². The van der Waals surface area contributed by atoms with Crippen molar-refractivity contribution >= 4 is 38.6 Å². The van der Waals surface area contributed by atoms with Crippen molar-refractivity contribution in [2.75, 3.05) is 5.32 Å². The molecule has 3 N–H and O–H groups in total. The van der Waals surface area contributed by atoms with Gasteiger partial charge >= 0.3 is 0 Å². The Kier molecular flexibility index (Phi) is 4.19. The zero-order chi connectivity index (χ0) is 14.8. The summed E-state index contributed by atoms with van der Waals surface area (Å²) in [6.45, 7) is 5.01. The van der Waals surface area contributed by atoms with Crippen LogP contribution in [0.5, 0.6) is 0 Å². The molecule has 0 aliphatic carbocycles. The summed E-state index contributed by atoms with van der Waals surface area (Å²) in [4.78, 5) is 2.57. The number of aromatic nitrogens is 2. The smallest absolute Gasteiger partial charge is 0.106 e. The quantitative estimate of drug-likeness (QED) is 0.751. The minimum absolute atomic E-state index is 0.133. The number of anilines is 1. The fraction of sp³-hybridized carbons (Fsp3) is 0.333. The molecule has 3 rings (SSSR count). The maximum Gasteiger partial charge on any atom is 0.106 e. The summed E-state index contributed by atoms with van der Waals surface area (Å²) in [6.07, 6.45) is 1.80. The Labute approximate surface area is 132 Å². The molecule has 2 atom stereocenters. The molecule has 0 radical (unpaired) electrons. The summed E-state index contributed by atoms with van der Waals surface area (Å²) in [5.41, 5.74) is 7.99. The van der Waals surface area contributed by atoms with Crippen LogP contribution in [-0.2, 0) is 6.54 Å². The van der Waals surface area contributed by atoms with Crippen LogP contribution in [0.3, 0.4) is 0 Å². The van der Waals surface area contributed by atoms with Crippen molar-refractivity contribution in [1.29, 1.82) is 0 Å². The summed E-state index contributed by atoms with van der Waals surface area (Å²) >= 11 is 3.51. The van der Waals surface area contributed by atoms with Gasteiger partial charge in [0.1, 0.15) is 5.52 Å². The lowest BCUT2D eigenvalue weighted by Crippen LogP contribution is -2.21. The van der Waals surface area contributed by atoms with E-state index < -0.39 is 0 Å². The molecule has 0 bridgehead atoms. The van der Waals surface area contributed by atoms with Gasteiger partial charge in [0.05, 0.1) is 16.6 Å². The normalized spacial score (nSPS) is 14.2. The van der Waals surface area contributed by atoms with E-state index in [0.29, 0.717) is 5.92 Å². The second-order valence-electron chi connectivity index (χ2n) is 5.20. The second kappa shape index (κ2) is 6.09. The van der Waals surface area contributed by atoms with E-state index in [9.17, 15) is 0 Å². The van der Waals surface area contributed by atoms with Gasteiger partial charge in [-0.3, -0.25) is 0 Å². The fourth-order valence-corrected chi connectivity index (χ4v) is 3.97. The molecular formula is C15H18N4S2. The standard InChI is InChI=1S/C15H18N4S2/c1-9(10(2)16)14-6-12-15(21-14)13(8-18-19-12)17-7-11-4-3-5-20-11/h3-6,8-10H,7,16H2,1-2H3,(H,17,19)/t9-,10+/m1/s1. The number of hydrogen-bond acceptors (Lipinski definition) is 6. The van der Waals surface area contributed by atoms with Crippen LogP contribution in [0.25, 0.3) is 10.2 Å². The molecule has 3 heterocycles. The molecule has 0 aliphatic rings. The Bertz CT molecular complexity index is 718. The summed E-state index contributed by atoms with van der Waals surface area (Å²) in [5, 5.41) is 13.9. The summed E-state index contributed by atoms with van der Waals surface area (Å²) in [5.74, 6) is 0.328. The second-order valence-corrected chi connectivity index (χ2v) is 7.32. The first-order valence-corrected chi connectivity index (χ1v) is 8.61. The van der Waals surface area contributed by atoms with Gasteiger partial charge in [0.25, 0.3) is 0 Å². The first kappa shape index (κ1) is 14.4. The Balaban J connectivity index is 1.88. The lowest BCUT2D eigenvalue weighted by molar-refractivity contribution is 0.622. The van der Waals surface area contributed by atoms with Crippen LogP contribution in [0.4, 0.5) is 5.69 Å². The summed E-state index contributed by atoms with van der Waals surface area (Å²) < 4.78 is 1.16. The molecule has 0 spiro atoms. The molecule has 3 aromatic rings. The van der Waals surface area contributed by atoms with E-state index >= 15 is 0 Å². The third kappa shape index (κ3) is 3.07. The SMILES string of the molecule is C[C@H](N)[C@@H](C)c1cc2nncc(NCc3cccs3)c2s1. The fourth-order valence-electron chi connectivity index (χ4n) is 2.08. The van der Waals surface area contributed by atoms with Gasteiger partial charge in [-0.05, 0) is 24.4 Å². The highest BCUT2D eigenvalue weighted by molar-refractivity contribution is 7.19. The molecule has 3 aromatic heterocycles. The van der Waals surface area contributed by atoms with Crippen LogP contribution >= 0.6 is 22.7 Å². The molecule has 0 aromatic carbocycles. The molecule has 0 aliphatic heterocycles. The van der Waals surface area contributed by atoms with Gasteiger partial charge in [-0.25, -0.2) is 0 Å². The van der Waals surface area contributed by atoms with Crippen LogP contribution in [0.2, 0.25) is 0 Å². The maximum absolute atomic E-state index is 6.01. The predicted molar refractivity (Wildman–Crippen MR) is 91.1 cm³/mol. The molecule has 0 saturated carbocycles. The van der Waals surface area contributed by atoms with Crippen molar-refractivity contribution in [2.45, 2.75) is 32.4 Å². The van der Waals surface area contributed by atoms with Crippen molar-refractivity contribution in [3.8, 4) is 0 Å². The van der Waals surface area contributed by atoms with E-state index in [0.717, 1.165) is 22.4 Å². The number of fused-ring (bicyclic) bond motifs is 1. The molecule has 4 nitrogen and oxygen atoms in total. The highest BCUT2D eigenvalue weighted by Crippen LogP contribution is 2.34. The third-order valence-electron chi connectivity index (χ3n) is 3.60. The van der Waals surface area contributed by atoms with Crippen LogP contribution in [0.1, 0.15) is 29.5 Å². The monoisotopic (exact) mass is 318 g/mol. The van der Waals surface area contributed by atoms with Gasteiger partial charge in [0.2, 0.25) is 0 Å². The van der Waals surface area contributed by atoms with Gasteiger partial charge in [0.15, 0.2) is 0 Å². The summed E-state index contributed by atoms with van der Waals surface area (Å²) in [7, 11) is 0. The number of nitrogens with zero attached hydrogens (tertiary/aromatic N) is 2. The van der Waals surface area contributed by atoms with E-state index in [1.165, 1.54) is 9.75 Å². The Morgan fingerprint density at radius 1 is 1.38 bits per heavy atom. The van der Waals surface area contributed by atoms with Gasteiger partial charge in [-0.2, -0.15) is 5.10 Å². The van der Waals surface area contributed by atoms with Gasteiger partial charge in [0, 0.05) is 28.3 Å². The van der Waals surface area contributed by atoms with Crippen LogP contribution < -0.4 is 11.1 Å². The zero-order valence-corrected chi connectivity index (χ0v) is 13.7. The number of nitrogens with two attached hydrogens (primary N) is 1. The average molecular weight is 318 g/mol. The summed E-state index contributed by atoms with van der Waals surface area (Å²) in [6, 6.07) is 6.43. The highest BCUT2D eigenvalue weighted by Gasteiger charge is 2.16. The number of thiophene rings is 2. The average Bonchev–Trinajstić information content (AvgIpc) is 3.13. The van der Waals surface area contributed by atoms with E-state index in [2.05, 4.69) is 46.0 Å². The lowest BCUT2D eigenvalue weighted by atomic mass is 10.0. The maximum atomic E-state index is 6.01. The topological polar surface area (TPSA) is 63.8 Å². The highest BCUT2D eigenvalue weighted by atomic mass is 32.1. The van der Waals surface area contributed by atoms with Crippen molar-refractivity contribution < 1.29 is 0 Å². The Hall–Kier alpha value is -1.50. The van der Waals surface area contributed by atoms with Crippen molar-refractivity contribution in [3.63, 3.8) is 0 Å². The van der Waals surface area contributed by atoms with E-state index in [4.69, 9.17) is 5.73 Å². The van der Waals surface area contributed by atoms with Crippen molar-refractivity contribution in [2.24, 2.45) is 5.73 Å². The third-order valence-corrected chi connectivity index (χ3v) is 5.83. The number of hydrogen-bond donors (Lipinski definition) is 2. The number of rotatable bonds is 5. The molecule has 110 valence electrons. The largest absolute Gasteiger partial charge is 0.378 e. The van der Waals surface area contributed by atoms with Gasteiger partial charge in [-0.1, -0.05) is 13.0 Å². The Morgan fingerprint density at radius 2 is 2.24 bits per heavy atom. The van der Waals surface area contributed by atoms with Crippen molar-refractivity contribution in [1.82, 2.24) is 10.2 Å². The first-order chi connectivity index (χ1) is 10.1. The number of nitrogens with one attached hydrogen (secondary N) is 1. The minimum Gasteiger partial charge on any atom is -0.378 e. The molecule has 21 heavy (non-hydrogen) atoms. The van der Waals surface area contributed by atoms with E-state index in [1.54, 1.807) is 28.9 Å². The minimum atomic E-state index is 0.133. The van der Waals surface area contributed by atoms with Crippen molar-refractivity contribution in [3.05, 3.63) is 39.5 Å². The van der Waals surface area contributed by atoms with E-state index in [1.807, 2.05) is 6.92 Å². The molecule has 0 fully saturated rings. The molecule has 6 heteroatoms. The molecule has 0 saturated heterocycles. The van der Waals surface area contributed by atoms with Crippen LogP contribution in [-0.4, -0.2) is 16.2 Å². The van der Waals surface area contributed by atoms with E-state index in [-0.39, 0.29) is 6.04 Å². The molecule has 0 unspecified atom stereocenters. The first-order valence-electron chi connectivity index (χ1n) is 6.92. The van der Waals surface area contributed by atoms with Crippen LogP contribution in [0, 0.1) is 0 Å². The molecular weight excluding hydrogens is 300 g/mol. The van der Waals surface area contributed by atoms with Gasteiger partial charge in [-0.15, -0.1) is 27.8 Å². The van der Waals surface area contributed by atoms with Crippen LogP contribution in [0.15, 0.2) is 29.8 Å². The molecule has 0 amide bonds. The predicted octanol–water partition coefficient (Wildman–Crippen LogP) is 3.82. The zero-order valence-electron chi connectivity index (χ0n) is 12.0. The Morgan fingerprint density at radius 3 is 2.95 bits per heavy atom.